The van der Waals surface area contributed by atoms with Crippen molar-refractivity contribution in [2.75, 3.05) is 19.6 Å². The van der Waals surface area contributed by atoms with E-state index >= 15 is 0 Å². The van der Waals surface area contributed by atoms with Gasteiger partial charge in [-0.1, -0.05) is 42.4 Å². The van der Waals surface area contributed by atoms with Crippen LogP contribution in [-0.2, 0) is 6.54 Å². The van der Waals surface area contributed by atoms with Crippen LogP contribution in [0.15, 0.2) is 35.5 Å². The summed E-state index contributed by atoms with van der Waals surface area (Å²) in [6.07, 6.45) is 2.30. The third kappa shape index (κ3) is 5.02. The lowest BCUT2D eigenvalue weighted by atomic mass is 10.0. The highest BCUT2D eigenvalue weighted by Crippen LogP contribution is 2.14. The highest BCUT2D eigenvalue weighted by Gasteiger charge is 2.19. The van der Waals surface area contributed by atoms with Gasteiger partial charge in [-0.25, -0.2) is 0 Å². The van der Waals surface area contributed by atoms with E-state index in [0.29, 0.717) is 11.9 Å². The van der Waals surface area contributed by atoms with Crippen molar-refractivity contribution in [3.05, 3.63) is 35.9 Å². The van der Waals surface area contributed by atoms with E-state index < -0.39 is 0 Å². The Kier molecular flexibility index (Phi) is 6.02. The molecule has 1 unspecified atom stereocenters. The quantitative estimate of drug-likeness (QED) is 0.322. The number of likely N-dealkylation sites (tertiary alicyclic amines) is 1. The average Bonchev–Trinajstić information content (AvgIpc) is 2.54. The molecular formula is C16H26N4O. The summed E-state index contributed by atoms with van der Waals surface area (Å²) in [7, 11) is 0. The fourth-order valence-corrected chi connectivity index (χ4v) is 2.68. The first-order chi connectivity index (χ1) is 10.2. The lowest BCUT2D eigenvalue weighted by molar-refractivity contribution is 0.189. The summed E-state index contributed by atoms with van der Waals surface area (Å²) in [6.45, 7) is 5.99. The number of nitrogens with one attached hydrogen (secondary N) is 1. The monoisotopic (exact) mass is 290 g/mol. The van der Waals surface area contributed by atoms with Gasteiger partial charge in [-0.2, -0.15) is 0 Å². The molecule has 1 fully saturated rings. The Balaban J connectivity index is 1.69. The van der Waals surface area contributed by atoms with Crippen molar-refractivity contribution in [2.45, 2.75) is 32.4 Å². The highest BCUT2D eigenvalue weighted by atomic mass is 16.4. The lowest BCUT2D eigenvalue weighted by Crippen LogP contribution is -2.44. The van der Waals surface area contributed by atoms with Crippen molar-refractivity contribution in [1.29, 1.82) is 0 Å². The molecule has 116 valence electrons. The minimum absolute atomic E-state index is 0.0670. The molecule has 1 saturated heterocycles. The van der Waals surface area contributed by atoms with Gasteiger partial charge in [0.15, 0.2) is 0 Å². The molecule has 1 heterocycles. The van der Waals surface area contributed by atoms with Gasteiger partial charge in [0.2, 0.25) is 0 Å². The Bertz CT molecular complexity index is 441. The number of nitrogens with zero attached hydrogens (tertiary/aromatic N) is 2. The first-order valence-corrected chi connectivity index (χ1v) is 7.66. The summed E-state index contributed by atoms with van der Waals surface area (Å²) >= 11 is 0. The second-order valence-corrected chi connectivity index (χ2v) is 5.87. The summed E-state index contributed by atoms with van der Waals surface area (Å²) < 4.78 is 0. The molecule has 1 aliphatic rings. The number of hydrogen-bond donors (Lipinski definition) is 3. The first kappa shape index (κ1) is 15.8. The predicted molar refractivity (Wildman–Crippen MR) is 85.3 cm³/mol. The molecule has 0 aliphatic carbocycles. The van der Waals surface area contributed by atoms with Crippen molar-refractivity contribution in [2.24, 2.45) is 16.8 Å². The van der Waals surface area contributed by atoms with Gasteiger partial charge in [0.25, 0.3) is 0 Å². The van der Waals surface area contributed by atoms with Gasteiger partial charge < -0.3 is 16.3 Å². The van der Waals surface area contributed by atoms with E-state index in [4.69, 9.17) is 10.9 Å². The first-order valence-electron chi connectivity index (χ1n) is 7.66. The molecule has 4 N–H and O–H groups in total. The molecule has 0 radical (unpaired) electrons. The van der Waals surface area contributed by atoms with Gasteiger partial charge >= 0.3 is 0 Å². The van der Waals surface area contributed by atoms with Crippen LogP contribution in [-0.4, -0.2) is 41.6 Å². The van der Waals surface area contributed by atoms with Gasteiger partial charge in [-0.05, 0) is 31.5 Å². The van der Waals surface area contributed by atoms with Crippen LogP contribution in [0.4, 0.5) is 0 Å². The smallest absolute Gasteiger partial charge is 0.143 e. The Hall–Kier alpha value is -1.59. The molecule has 1 atom stereocenters. The molecule has 1 aliphatic heterocycles. The molecule has 0 bridgehead atoms. The third-order valence-corrected chi connectivity index (χ3v) is 4.17. The van der Waals surface area contributed by atoms with Crippen molar-refractivity contribution in [1.82, 2.24) is 10.2 Å². The number of amidine groups is 1. The predicted octanol–water partition coefficient (Wildman–Crippen LogP) is 1.62. The Morgan fingerprint density at radius 3 is 2.67 bits per heavy atom. The maximum Gasteiger partial charge on any atom is 0.143 e. The third-order valence-electron chi connectivity index (χ3n) is 4.17. The fourth-order valence-electron chi connectivity index (χ4n) is 2.68. The number of hydrogen-bond acceptors (Lipinski definition) is 4. The van der Waals surface area contributed by atoms with E-state index in [1.54, 1.807) is 0 Å². The summed E-state index contributed by atoms with van der Waals surface area (Å²) in [5.41, 5.74) is 6.97. The van der Waals surface area contributed by atoms with Gasteiger partial charge in [0.1, 0.15) is 5.84 Å². The van der Waals surface area contributed by atoms with Crippen LogP contribution in [0.3, 0.4) is 0 Å². The highest BCUT2D eigenvalue weighted by molar-refractivity contribution is 5.82. The number of piperidine rings is 1. The van der Waals surface area contributed by atoms with Gasteiger partial charge in [0.05, 0.1) is 0 Å². The van der Waals surface area contributed by atoms with E-state index in [-0.39, 0.29) is 5.92 Å². The Morgan fingerprint density at radius 1 is 1.38 bits per heavy atom. The number of oxime groups is 1. The fraction of sp³-hybridized carbons (Fsp3) is 0.562. The SMILES string of the molecule is CC(CNC1CCN(Cc2ccccc2)CC1)C(N)=NO. The zero-order valence-electron chi connectivity index (χ0n) is 12.7. The van der Waals surface area contributed by atoms with Crippen molar-refractivity contribution < 1.29 is 5.21 Å². The van der Waals surface area contributed by atoms with Crippen LogP contribution in [0.2, 0.25) is 0 Å². The zero-order chi connectivity index (χ0) is 15.1. The van der Waals surface area contributed by atoms with Crippen molar-refractivity contribution in [3.8, 4) is 0 Å². The zero-order valence-corrected chi connectivity index (χ0v) is 12.7. The lowest BCUT2D eigenvalue weighted by Gasteiger charge is -2.33. The molecule has 5 heteroatoms. The molecule has 5 nitrogen and oxygen atoms in total. The molecule has 21 heavy (non-hydrogen) atoms. The minimum atomic E-state index is 0.0670. The van der Waals surface area contributed by atoms with Crippen LogP contribution in [0.1, 0.15) is 25.3 Å². The van der Waals surface area contributed by atoms with Gasteiger partial charge in [-0.3, -0.25) is 4.90 Å². The van der Waals surface area contributed by atoms with E-state index in [1.807, 2.05) is 6.92 Å². The van der Waals surface area contributed by atoms with E-state index in [9.17, 15) is 0 Å². The maximum atomic E-state index is 8.65. The number of benzene rings is 1. The standard InChI is InChI=1S/C16H26N4O/c1-13(16(17)19-21)11-18-15-7-9-20(10-8-15)12-14-5-3-2-4-6-14/h2-6,13,15,18,21H,7-12H2,1H3,(H2,17,19). The van der Waals surface area contributed by atoms with Crippen molar-refractivity contribution in [3.63, 3.8) is 0 Å². The van der Waals surface area contributed by atoms with Crippen LogP contribution < -0.4 is 11.1 Å². The average molecular weight is 290 g/mol. The second-order valence-electron chi connectivity index (χ2n) is 5.87. The Morgan fingerprint density at radius 2 is 2.05 bits per heavy atom. The summed E-state index contributed by atoms with van der Waals surface area (Å²) in [4.78, 5) is 2.50. The largest absolute Gasteiger partial charge is 0.409 e. The summed E-state index contributed by atoms with van der Waals surface area (Å²) in [5.74, 6) is 0.362. The summed E-state index contributed by atoms with van der Waals surface area (Å²) in [6, 6.07) is 11.1. The van der Waals surface area contributed by atoms with Crippen LogP contribution in [0, 0.1) is 5.92 Å². The van der Waals surface area contributed by atoms with E-state index in [1.165, 1.54) is 5.56 Å². The second kappa shape index (κ2) is 8.00. The van der Waals surface area contributed by atoms with Crippen molar-refractivity contribution >= 4 is 5.84 Å². The number of rotatable bonds is 6. The Labute approximate surface area is 126 Å². The van der Waals surface area contributed by atoms with Gasteiger partial charge in [-0.15, -0.1) is 0 Å². The molecule has 1 aromatic rings. The normalized spacial score (nSPS) is 19.6. The molecule has 2 rings (SSSR count). The summed E-state index contributed by atoms with van der Waals surface area (Å²) in [5, 5.41) is 15.2. The molecular weight excluding hydrogens is 264 g/mol. The molecule has 0 aromatic heterocycles. The molecule has 0 spiro atoms. The molecule has 1 aromatic carbocycles. The van der Waals surface area contributed by atoms with Crippen LogP contribution in [0.5, 0.6) is 0 Å². The molecule has 0 amide bonds. The maximum absolute atomic E-state index is 8.65. The topological polar surface area (TPSA) is 73.9 Å². The van der Waals surface area contributed by atoms with Crippen LogP contribution in [0.25, 0.3) is 0 Å². The number of nitrogens with two attached hydrogens (primary N) is 1. The van der Waals surface area contributed by atoms with E-state index in [2.05, 4.69) is 45.7 Å². The van der Waals surface area contributed by atoms with E-state index in [0.717, 1.165) is 39.0 Å². The van der Waals surface area contributed by atoms with Crippen LogP contribution >= 0.6 is 0 Å². The minimum Gasteiger partial charge on any atom is -0.409 e. The van der Waals surface area contributed by atoms with Gasteiger partial charge in [0, 0.05) is 25.0 Å². The molecule has 0 saturated carbocycles.